The second kappa shape index (κ2) is 229. The third-order valence-electron chi connectivity index (χ3n) is 11.7. The number of nitrogens with one attached hydrogen (secondary N) is 1. The fourth-order valence-corrected chi connectivity index (χ4v) is 8.86. The Morgan fingerprint density at radius 3 is 0.652 bits per heavy atom. The summed E-state index contributed by atoms with van der Waals surface area (Å²) in [5.41, 5.74) is 50.7. The summed E-state index contributed by atoms with van der Waals surface area (Å²) in [6.45, 7) is 17.0. The maximum absolute atomic E-state index is 7.11. The van der Waals surface area contributed by atoms with Gasteiger partial charge >= 0.3 is 0 Å². The third-order valence-corrected chi connectivity index (χ3v) is 18.3. The van der Waals surface area contributed by atoms with Crippen molar-refractivity contribution in [2.24, 2.45) is 57.3 Å². The predicted octanol–water partition coefficient (Wildman–Crippen LogP) is -7.19. The fourth-order valence-electron chi connectivity index (χ4n) is 5.24. The van der Waals surface area contributed by atoms with Crippen LogP contribution in [0.1, 0.15) is 227 Å². The lowest BCUT2D eigenvalue weighted by Gasteiger charge is -2.07. The van der Waals surface area contributed by atoms with Gasteiger partial charge in [0.1, 0.15) is 0 Å². The summed E-state index contributed by atoms with van der Waals surface area (Å²) in [4.78, 5) is 9.84. The molecule has 730 valence electrons. The zero-order valence-electron chi connectivity index (χ0n) is 139. The summed E-state index contributed by atoms with van der Waals surface area (Å²) in [5, 5.41) is 2.99. The van der Waals surface area contributed by atoms with E-state index >= 15 is 0 Å². The van der Waals surface area contributed by atoms with Gasteiger partial charge in [-0.15, -0.1) is 0 Å². The van der Waals surface area contributed by atoms with E-state index in [1.807, 2.05) is 87.1 Å². The smallest absolute Gasteiger partial charge is 0.0204 e. The van der Waals surface area contributed by atoms with E-state index in [9.17, 15) is 0 Å². The number of nitrogens with zero attached hydrogens (tertiary/aromatic N) is 5. The van der Waals surface area contributed by atoms with Crippen molar-refractivity contribution in [3.05, 3.63) is 0 Å². The van der Waals surface area contributed by atoms with Crippen molar-refractivity contribution in [3.63, 3.8) is 0 Å². The fraction of sp³-hybridized carbons (Fsp3) is 1.00. The Hall–Kier alpha value is 3.70. The molecule has 0 aliphatic heterocycles. The second-order valence-corrected chi connectivity index (χ2v) is 35.2. The largest absolute Gasteiger partial charge is 0.334 e. The highest BCUT2D eigenvalue weighted by Gasteiger charge is 1.90. The van der Waals surface area contributed by atoms with Crippen LogP contribution in [0.3, 0.4) is 0 Å². The Balaban J connectivity index is -0.0000000805. The molecule has 0 aromatic rings. The van der Waals surface area contributed by atoms with Crippen LogP contribution in [-0.2, 0) is 0 Å². The molecule has 0 heterocycles. The summed E-state index contributed by atoms with van der Waals surface area (Å²) >= 11 is 0. The van der Waals surface area contributed by atoms with Crippen molar-refractivity contribution < 1.29 is 0 Å². The Labute approximate surface area is 869 Å². The molecule has 0 radical (unpaired) electrons. The van der Waals surface area contributed by atoms with Gasteiger partial charge in [0, 0.05) is 275 Å². The predicted molar refractivity (Wildman–Crippen MR) is 644 cm³/mol. The van der Waals surface area contributed by atoms with E-state index in [0.29, 0.717) is 169 Å². The maximum atomic E-state index is 7.11. The molecule has 0 aliphatic carbocycles. The molecule has 16 nitrogen and oxygen atoms in total. The van der Waals surface area contributed by atoms with Gasteiger partial charge in [-0.25, -0.2) is 0 Å². The molecule has 0 amide bonds. The molecule has 0 spiro atoms. The highest BCUT2D eigenvalue weighted by Crippen LogP contribution is 2.03. The minimum Gasteiger partial charge on any atom is -0.334 e. The van der Waals surface area contributed by atoms with Crippen LogP contribution < -0.4 is 62.7 Å². The second-order valence-electron chi connectivity index (χ2n) is 25.6. The van der Waals surface area contributed by atoms with Crippen LogP contribution in [0.25, 0.3) is 0 Å². The average Bonchev–Trinajstić information content (AvgIpc) is 0.962. The number of hydrogen-bond donors (Lipinski definition) is 11. The van der Waals surface area contributed by atoms with Gasteiger partial charge in [0.25, 0.3) is 0 Å². The summed E-state index contributed by atoms with van der Waals surface area (Å²) in [7, 11) is -38.8. The van der Waals surface area contributed by atoms with Crippen LogP contribution >= 0.6 is 0 Å². The topological polar surface area (TPSA) is 288 Å². The van der Waals surface area contributed by atoms with Gasteiger partial charge < -0.3 is 87.2 Å². The van der Waals surface area contributed by atoms with Gasteiger partial charge in [-0.1, -0.05) is 265 Å². The minimum atomic E-state index is -3.10. The molecule has 0 aromatic heterocycles. The minimum absolute atomic E-state index is 0.0903. The van der Waals surface area contributed by atoms with Gasteiger partial charge in [0.05, 0.1) is 0 Å². The average molecular weight is 2110 g/mol. The molecule has 0 bridgehead atoms. The number of hydrogen-bond acceptors (Lipinski definition) is 16. The standard InChI is InChI=1S/C7H19NSi.C7H18Si.C6H17NSi.4C5H15NSi.C5H14Si.3C4H13NSi.C4H12Si.3C3H11NSi.C3H10Si.2C2H9NSi.2CH7NSi/c1-8(2)6-4-3-5-7-9;1-2-3-4-5-6-7-8;1-7(2)5-3-4-6-8;1-6(2)4-3-5-7;1-6-4-2-3-5-7;2*6-4-2-1-3-5-7;1-2-3-4-5-6;1-5(2)3-4-6;2*5-3-1-2-4-6;1-2-3-4-5;1-4(2)3-5;2*4-2-1-3-5;1-2-3-4;2*3-1-2-4;2*2-1-3/h3-7H2,1-2,9H3;2-7H2,1,8H3;3-6H2,1-2,8H3;3-5H2,1-2,7H3;6H,2-5H2,1,7H3;2*1-6H2,7H3;2-5H2,1,6H3;3-4H2,1-2,6H3;2*1-5H2,6H3;2-4H2,1,5H3;3H2,1-2,5H3;2*1-4H2,5H3;2-3H2,1,4H3;2*1-3H2,4H3;2*1-2H2,3H3/i9T3;2*8T3;4*7T3;4*6T3;4*5T3;3*4T3;2*3T3. The molecule has 0 atom stereocenters. The molecular weight excluding hydrogens is 1730 g/mol. The SMILES string of the molecule is [3H][Si]([3H])([3H])CCC.[3H][Si]([3H])([3H])CCCC.[3H][Si]([3H])([3H])CCCCC.[3H][Si]([3H])([3H])CCCCCCC.[3H][Si]([3H])([3H])CCCCCN.[3H][Si]([3H])([3H])CCCCCN.[3H][Si]([3H])([3H])CCCCCN(C)C.[3H][Si]([3H])([3H])CCCCN.[3H][Si]([3H])([3H])CCCCN.[3H][Si]([3H])([3H])CCCCN(C)C.[3H][Si]([3H])([3H])CCCCNC.[3H][Si]([3H])([3H])CCCN.[3H][Si]([3H])([3H])CCCN.[3H][Si]([3H])([3H])CCCN(C)C.[3H][Si]([3H])([3H])CCN.[3H][Si]([3H])([3H])CCN.[3H][Si]([3H])([3H])CCN(C)C.[3H][Si]([3H])([3H])CN.[3H][Si]([3H])([3H])CN.[3H][Si]([3H])([3H])CN(C)C. The van der Waals surface area contributed by atoms with Gasteiger partial charge in [-0.2, -0.15) is 0 Å². The van der Waals surface area contributed by atoms with E-state index in [2.05, 4.69) is 29.0 Å². The molecule has 0 saturated heterocycles. The molecule has 0 rings (SSSR count). The Morgan fingerprint density at radius 2 is 0.435 bits per heavy atom. The van der Waals surface area contributed by atoms with E-state index < -0.39 is 201 Å². The summed E-state index contributed by atoms with van der Waals surface area (Å²) < 4.78 is 414. The molecule has 0 saturated carbocycles. The maximum Gasteiger partial charge on any atom is 0.0204 e. The van der Waals surface area contributed by atoms with E-state index in [1.165, 1.54) is 19.3 Å². The first-order chi connectivity index (χ1) is 78.0. The molecule has 36 heteroatoms. The Morgan fingerprint density at radius 1 is 0.200 bits per heavy atom. The number of nitrogens with two attached hydrogens (primary N) is 10. The van der Waals surface area contributed by atoms with E-state index in [4.69, 9.17) is 131 Å². The lowest BCUT2D eigenvalue weighted by Crippen LogP contribution is -2.12. The molecule has 0 aromatic carbocycles. The van der Waals surface area contributed by atoms with Crippen LogP contribution in [0.5, 0.6) is 0 Å². The zero-order chi connectivity index (χ0) is 144. The van der Waals surface area contributed by atoms with Crippen molar-refractivity contribution in [3.8, 4) is 0 Å². The lowest BCUT2D eigenvalue weighted by molar-refractivity contribution is 0.393. The summed E-state index contributed by atoms with van der Waals surface area (Å²) in [6, 6.07) is 7.44. The van der Waals surface area contributed by atoms with Crippen molar-refractivity contribution in [2.45, 2.75) is 329 Å². The number of unbranched alkanes of at least 4 members (excludes halogenated alkanes) is 17. The van der Waals surface area contributed by atoms with Crippen LogP contribution in [0.15, 0.2) is 0 Å². The summed E-state index contributed by atoms with van der Waals surface area (Å²) in [6.07, 6.45) is 29.3. The number of rotatable bonds is 70. The van der Waals surface area contributed by atoms with Crippen molar-refractivity contribution in [1.82, 2.24) is 29.8 Å². The van der Waals surface area contributed by atoms with Crippen LogP contribution in [0, 0.1) is 0 Å². The van der Waals surface area contributed by atoms with E-state index in [1.54, 1.807) is 19.0 Å². The van der Waals surface area contributed by atoms with E-state index in [0.717, 1.165) is 193 Å². The Bertz CT molecular complexity index is 2960. The zero-order valence-corrected chi connectivity index (χ0v) is 98.8. The monoisotopic (exact) mass is 2110 g/mol. The first kappa shape index (κ1) is 65.3. The molecule has 21 N–H and O–H groups in total. The third kappa shape index (κ3) is 457. The van der Waals surface area contributed by atoms with Gasteiger partial charge in [-0.3, -0.25) is 0 Å². The van der Waals surface area contributed by atoms with E-state index in [-0.39, 0.29) is 24.4 Å². The van der Waals surface area contributed by atoms with Crippen molar-refractivity contribution >= 4 is 201 Å². The first-order valence-electron chi connectivity index (χ1n) is 72.9. The molecular formula is C79H254N16Si20. The van der Waals surface area contributed by atoms with Gasteiger partial charge in [-0.05, 0) is 245 Å². The Kier molecular flexibility index (Phi) is 130. The van der Waals surface area contributed by atoms with Gasteiger partial charge in [0.15, 0.2) is 0 Å². The van der Waals surface area contributed by atoms with Gasteiger partial charge in [0.2, 0.25) is 0 Å². The quantitative estimate of drug-likeness (QED) is 0.0199. The summed E-state index contributed by atoms with van der Waals surface area (Å²) in [5.74, 6) is 0. The van der Waals surface area contributed by atoms with Crippen molar-refractivity contribution in [1.29, 1.82) is 74.1 Å². The van der Waals surface area contributed by atoms with Crippen LogP contribution in [-0.4, -0.2) is 480 Å². The lowest BCUT2D eigenvalue weighted by atomic mass is 10.2. The highest BCUT2D eigenvalue weighted by molar-refractivity contribution is 6.12. The highest BCUT2D eigenvalue weighted by atomic mass is 28.2. The van der Waals surface area contributed by atoms with Crippen LogP contribution in [0.2, 0.25) is 103 Å². The molecule has 115 heavy (non-hydrogen) atoms. The molecule has 0 unspecified atom stereocenters. The van der Waals surface area contributed by atoms with Crippen LogP contribution in [0.4, 0.5) is 0 Å². The molecule has 0 aliphatic rings. The first-order valence-corrected chi connectivity index (χ1v) is 57.0. The van der Waals surface area contributed by atoms with Crippen molar-refractivity contribution in [2.75, 3.05) is 181 Å². The normalized spacial score (nSPS) is 19.0. The molecule has 0 fully saturated rings.